The van der Waals surface area contributed by atoms with E-state index in [1.54, 1.807) is 0 Å². The molecule has 2 heteroatoms. The summed E-state index contributed by atoms with van der Waals surface area (Å²) in [5, 5.41) is 3.21. The number of amides is 1. The van der Waals surface area contributed by atoms with E-state index in [9.17, 15) is 4.79 Å². The molecule has 15 heavy (non-hydrogen) atoms. The van der Waals surface area contributed by atoms with Gasteiger partial charge in [0.05, 0.1) is 0 Å². The first-order chi connectivity index (χ1) is 7.27. The molecule has 88 valence electrons. The standard InChI is InChI=1S/C13H25NO/c1-3-7-11(8-4-2)13(15)14-12-9-5-6-10-12/h11-12H,3-10H2,1-2H3,(H,14,15). The van der Waals surface area contributed by atoms with E-state index in [-0.39, 0.29) is 5.92 Å². The van der Waals surface area contributed by atoms with Crippen molar-refractivity contribution in [1.29, 1.82) is 0 Å². The number of nitrogens with one attached hydrogen (secondary N) is 1. The van der Waals surface area contributed by atoms with Crippen molar-refractivity contribution in [2.24, 2.45) is 5.92 Å². The van der Waals surface area contributed by atoms with Crippen LogP contribution >= 0.6 is 0 Å². The molecular formula is C13H25NO. The van der Waals surface area contributed by atoms with Gasteiger partial charge in [-0.25, -0.2) is 0 Å². The molecule has 0 spiro atoms. The second kappa shape index (κ2) is 6.86. The fraction of sp³-hybridized carbons (Fsp3) is 0.923. The Bertz CT molecular complexity index is 179. The zero-order valence-corrected chi connectivity index (χ0v) is 10.2. The highest BCUT2D eigenvalue weighted by atomic mass is 16.1. The van der Waals surface area contributed by atoms with Gasteiger partial charge in [0.2, 0.25) is 5.91 Å². The summed E-state index contributed by atoms with van der Waals surface area (Å²) in [7, 11) is 0. The molecule has 0 aromatic carbocycles. The second-order valence-electron chi connectivity index (χ2n) is 4.76. The molecule has 0 heterocycles. The molecule has 1 rings (SSSR count). The monoisotopic (exact) mass is 211 g/mol. The molecule has 1 N–H and O–H groups in total. The summed E-state index contributed by atoms with van der Waals surface area (Å²) >= 11 is 0. The maximum absolute atomic E-state index is 12.0. The fourth-order valence-electron chi connectivity index (χ4n) is 2.49. The summed E-state index contributed by atoms with van der Waals surface area (Å²) in [6.45, 7) is 4.32. The second-order valence-corrected chi connectivity index (χ2v) is 4.76. The molecule has 0 aliphatic heterocycles. The van der Waals surface area contributed by atoms with E-state index in [1.807, 2.05) is 0 Å². The van der Waals surface area contributed by atoms with Gasteiger partial charge in [-0.1, -0.05) is 39.5 Å². The average Bonchev–Trinajstić information content (AvgIpc) is 2.70. The first-order valence-corrected chi connectivity index (χ1v) is 6.58. The van der Waals surface area contributed by atoms with Gasteiger partial charge < -0.3 is 5.32 Å². The van der Waals surface area contributed by atoms with Crippen LogP contribution in [0.3, 0.4) is 0 Å². The molecule has 2 nitrogen and oxygen atoms in total. The van der Waals surface area contributed by atoms with Crippen molar-refractivity contribution >= 4 is 5.91 Å². The molecular weight excluding hydrogens is 186 g/mol. The highest BCUT2D eigenvalue weighted by Crippen LogP contribution is 2.20. The average molecular weight is 211 g/mol. The number of hydrogen-bond donors (Lipinski definition) is 1. The van der Waals surface area contributed by atoms with Crippen molar-refractivity contribution in [3.63, 3.8) is 0 Å². The van der Waals surface area contributed by atoms with Crippen molar-refractivity contribution in [3.05, 3.63) is 0 Å². The van der Waals surface area contributed by atoms with Crippen molar-refractivity contribution in [2.45, 2.75) is 71.3 Å². The summed E-state index contributed by atoms with van der Waals surface area (Å²) < 4.78 is 0. The maximum Gasteiger partial charge on any atom is 0.223 e. The summed E-state index contributed by atoms with van der Waals surface area (Å²) in [5.74, 6) is 0.575. The zero-order valence-electron chi connectivity index (χ0n) is 10.2. The lowest BCUT2D eigenvalue weighted by Crippen LogP contribution is -2.37. The SMILES string of the molecule is CCCC(CCC)C(=O)NC1CCCC1. The van der Waals surface area contributed by atoms with Crippen LogP contribution in [0.25, 0.3) is 0 Å². The Balaban J connectivity index is 2.33. The third-order valence-electron chi connectivity index (χ3n) is 3.35. The third kappa shape index (κ3) is 4.23. The fourth-order valence-corrected chi connectivity index (χ4v) is 2.49. The minimum atomic E-state index is 0.264. The summed E-state index contributed by atoms with van der Waals surface area (Å²) in [6.07, 6.45) is 9.28. The van der Waals surface area contributed by atoms with Crippen LogP contribution in [0.1, 0.15) is 65.2 Å². The van der Waals surface area contributed by atoms with Gasteiger partial charge in [-0.3, -0.25) is 4.79 Å². The molecule has 1 aliphatic rings. The van der Waals surface area contributed by atoms with Gasteiger partial charge in [-0.15, -0.1) is 0 Å². The molecule has 0 aromatic heterocycles. The molecule has 0 saturated heterocycles. The Morgan fingerprint density at radius 2 is 1.73 bits per heavy atom. The van der Waals surface area contributed by atoms with Gasteiger partial charge in [0.1, 0.15) is 0 Å². The first kappa shape index (κ1) is 12.5. The Labute approximate surface area is 93.8 Å². The molecule has 1 fully saturated rings. The van der Waals surface area contributed by atoms with E-state index in [0.717, 1.165) is 25.7 Å². The smallest absolute Gasteiger partial charge is 0.223 e. The Morgan fingerprint density at radius 3 is 2.20 bits per heavy atom. The van der Waals surface area contributed by atoms with E-state index in [0.29, 0.717) is 11.9 Å². The van der Waals surface area contributed by atoms with Crippen LogP contribution in [0, 0.1) is 5.92 Å². The summed E-state index contributed by atoms with van der Waals surface area (Å²) in [5.41, 5.74) is 0. The largest absolute Gasteiger partial charge is 0.353 e. The molecule has 1 saturated carbocycles. The topological polar surface area (TPSA) is 29.1 Å². The normalized spacial score (nSPS) is 17.3. The van der Waals surface area contributed by atoms with Crippen LogP contribution in [0.4, 0.5) is 0 Å². The van der Waals surface area contributed by atoms with Gasteiger partial charge in [-0.05, 0) is 25.7 Å². The van der Waals surface area contributed by atoms with E-state index in [4.69, 9.17) is 0 Å². The minimum Gasteiger partial charge on any atom is -0.353 e. The van der Waals surface area contributed by atoms with Crippen LogP contribution in [0.15, 0.2) is 0 Å². The Kier molecular flexibility index (Phi) is 5.74. The molecule has 0 bridgehead atoms. The molecule has 0 aromatic rings. The molecule has 0 radical (unpaired) electrons. The molecule has 0 atom stereocenters. The van der Waals surface area contributed by atoms with Gasteiger partial charge in [0.15, 0.2) is 0 Å². The Morgan fingerprint density at radius 1 is 1.20 bits per heavy atom. The molecule has 1 amide bonds. The van der Waals surface area contributed by atoms with E-state index in [2.05, 4.69) is 19.2 Å². The highest BCUT2D eigenvalue weighted by molar-refractivity contribution is 5.78. The third-order valence-corrected chi connectivity index (χ3v) is 3.35. The first-order valence-electron chi connectivity index (χ1n) is 6.58. The van der Waals surface area contributed by atoms with Crippen molar-refractivity contribution in [1.82, 2.24) is 5.32 Å². The van der Waals surface area contributed by atoms with Crippen LogP contribution in [0.2, 0.25) is 0 Å². The van der Waals surface area contributed by atoms with Crippen LogP contribution in [0.5, 0.6) is 0 Å². The maximum atomic E-state index is 12.0. The minimum absolute atomic E-state index is 0.264. The van der Waals surface area contributed by atoms with Gasteiger partial charge in [0.25, 0.3) is 0 Å². The van der Waals surface area contributed by atoms with E-state index in [1.165, 1.54) is 25.7 Å². The highest BCUT2D eigenvalue weighted by Gasteiger charge is 2.21. The lowest BCUT2D eigenvalue weighted by atomic mass is 9.97. The van der Waals surface area contributed by atoms with Gasteiger partial charge in [0, 0.05) is 12.0 Å². The zero-order chi connectivity index (χ0) is 11.1. The molecule has 0 unspecified atom stereocenters. The lowest BCUT2D eigenvalue weighted by molar-refractivity contribution is -0.126. The quantitative estimate of drug-likeness (QED) is 0.718. The van der Waals surface area contributed by atoms with Gasteiger partial charge >= 0.3 is 0 Å². The summed E-state index contributed by atoms with van der Waals surface area (Å²) in [4.78, 5) is 12.0. The van der Waals surface area contributed by atoms with Crippen LogP contribution in [-0.4, -0.2) is 11.9 Å². The van der Waals surface area contributed by atoms with Crippen LogP contribution in [-0.2, 0) is 4.79 Å². The van der Waals surface area contributed by atoms with Crippen molar-refractivity contribution in [2.75, 3.05) is 0 Å². The predicted molar refractivity (Wildman–Crippen MR) is 63.7 cm³/mol. The van der Waals surface area contributed by atoms with E-state index >= 15 is 0 Å². The van der Waals surface area contributed by atoms with Crippen molar-refractivity contribution < 1.29 is 4.79 Å². The summed E-state index contributed by atoms with van der Waals surface area (Å²) in [6, 6.07) is 0.480. The lowest BCUT2D eigenvalue weighted by Gasteiger charge is -2.18. The van der Waals surface area contributed by atoms with Crippen LogP contribution < -0.4 is 5.32 Å². The number of carbonyl (C=O) groups is 1. The number of hydrogen-bond acceptors (Lipinski definition) is 1. The van der Waals surface area contributed by atoms with Crippen molar-refractivity contribution in [3.8, 4) is 0 Å². The Hall–Kier alpha value is -0.530. The van der Waals surface area contributed by atoms with E-state index < -0.39 is 0 Å². The number of carbonyl (C=O) groups excluding carboxylic acids is 1. The predicted octanol–water partition coefficient (Wildman–Crippen LogP) is 3.26. The molecule has 1 aliphatic carbocycles. The van der Waals surface area contributed by atoms with Gasteiger partial charge in [-0.2, -0.15) is 0 Å². The number of rotatable bonds is 6.